The molecule has 1 aromatic carbocycles. The van der Waals surface area contributed by atoms with Gasteiger partial charge in [0, 0.05) is 31.3 Å². The van der Waals surface area contributed by atoms with Gasteiger partial charge in [0.25, 0.3) is 0 Å². The third-order valence-electron chi connectivity index (χ3n) is 4.51. The molecule has 0 spiro atoms. The van der Waals surface area contributed by atoms with E-state index in [4.69, 9.17) is 4.98 Å². The number of rotatable bonds is 2. The molecule has 0 aliphatic carbocycles. The van der Waals surface area contributed by atoms with Crippen molar-refractivity contribution in [1.82, 2.24) is 24.7 Å². The summed E-state index contributed by atoms with van der Waals surface area (Å²) in [6.45, 7) is 1.68. The summed E-state index contributed by atoms with van der Waals surface area (Å²) in [5.41, 5.74) is 4.54. The van der Waals surface area contributed by atoms with E-state index in [1.54, 1.807) is 17.7 Å². The molecular formula is C17H16N6S. The summed E-state index contributed by atoms with van der Waals surface area (Å²) >= 11 is 1.74. The Morgan fingerprint density at radius 2 is 2.21 bits per heavy atom. The molecule has 0 saturated carbocycles. The van der Waals surface area contributed by atoms with Crippen LogP contribution in [0, 0.1) is 0 Å². The first-order valence-electron chi connectivity index (χ1n) is 7.89. The van der Waals surface area contributed by atoms with Gasteiger partial charge < -0.3 is 9.88 Å². The number of fused-ring (bicyclic) bond motifs is 2. The molecule has 5 rings (SSSR count). The Balaban J connectivity index is 1.57. The van der Waals surface area contributed by atoms with E-state index in [9.17, 15) is 0 Å². The molecule has 0 fully saturated rings. The number of imidazole rings is 1. The first-order valence-corrected chi connectivity index (χ1v) is 8.71. The number of thiazole rings is 1. The average molecular weight is 336 g/mol. The highest BCUT2D eigenvalue weighted by atomic mass is 32.1. The summed E-state index contributed by atoms with van der Waals surface area (Å²) in [6.07, 6.45) is 5.80. The normalized spacial score (nSPS) is 17.4. The molecule has 24 heavy (non-hydrogen) atoms. The van der Waals surface area contributed by atoms with E-state index in [2.05, 4.69) is 44.4 Å². The lowest BCUT2D eigenvalue weighted by atomic mass is 9.93. The SMILES string of the molecule is Cn1cc(C2CN(c3nc4ccccc4s3)Cc3[nH]cnc32)cn1. The Hall–Kier alpha value is -2.67. The monoisotopic (exact) mass is 336 g/mol. The van der Waals surface area contributed by atoms with Crippen LogP contribution >= 0.6 is 11.3 Å². The number of hydrogen-bond acceptors (Lipinski definition) is 5. The van der Waals surface area contributed by atoms with E-state index >= 15 is 0 Å². The quantitative estimate of drug-likeness (QED) is 0.611. The first-order chi connectivity index (χ1) is 11.8. The molecule has 1 unspecified atom stereocenters. The van der Waals surface area contributed by atoms with Gasteiger partial charge in [-0.15, -0.1) is 0 Å². The van der Waals surface area contributed by atoms with Crippen molar-refractivity contribution in [3.8, 4) is 0 Å². The summed E-state index contributed by atoms with van der Waals surface area (Å²) in [5, 5.41) is 5.39. The molecule has 4 heterocycles. The third kappa shape index (κ3) is 2.12. The molecule has 1 N–H and O–H groups in total. The van der Waals surface area contributed by atoms with E-state index in [-0.39, 0.29) is 5.92 Å². The van der Waals surface area contributed by atoms with Gasteiger partial charge in [0.2, 0.25) is 0 Å². The maximum absolute atomic E-state index is 4.82. The summed E-state index contributed by atoms with van der Waals surface area (Å²) < 4.78 is 3.07. The van der Waals surface area contributed by atoms with Crippen LogP contribution in [0.25, 0.3) is 10.2 Å². The number of nitrogens with zero attached hydrogens (tertiary/aromatic N) is 5. The van der Waals surface area contributed by atoms with E-state index < -0.39 is 0 Å². The minimum Gasteiger partial charge on any atom is -0.347 e. The van der Waals surface area contributed by atoms with Crippen molar-refractivity contribution in [3.63, 3.8) is 0 Å². The van der Waals surface area contributed by atoms with E-state index in [0.717, 1.165) is 35.1 Å². The van der Waals surface area contributed by atoms with E-state index in [1.165, 1.54) is 10.3 Å². The van der Waals surface area contributed by atoms with Crippen LogP contribution in [0.15, 0.2) is 43.0 Å². The second-order valence-corrected chi connectivity index (χ2v) is 7.12. The summed E-state index contributed by atoms with van der Waals surface area (Å²) in [5.74, 6) is 0.209. The standard InChI is InChI=1S/C17H16N6S/c1-22-7-11(6-20-22)12-8-23(9-14-16(12)19-10-18-14)17-21-13-4-2-3-5-15(13)24-17/h2-7,10,12H,8-9H2,1H3,(H,18,19). The van der Waals surface area contributed by atoms with Crippen LogP contribution in [-0.4, -0.2) is 31.3 Å². The highest BCUT2D eigenvalue weighted by Crippen LogP contribution is 2.36. The first kappa shape index (κ1) is 13.7. The van der Waals surface area contributed by atoms with Gasteiger partial charge in [-0.3, -0.25) is 4.68 Å². The minimum atomic E-state index is 0.209. The lowest BCUT2D eigenvalue weighted by Crippen LogP contribution is -2.34. The summed E-state index contributed by atoms with van der Waals surface area (Å²) in [4.78, 5) is 15.0. The average Bonchev–Trinajstić information content (AvgIpc) is 3.32. The van der Waals surface area contributed by atoms with Crippen molar-refractivity contribution in [3.05, 3.63) is 59.9 Å². The topological polar surface area (TPSA) is 62.6 Å². The largest absolute Gasteiger partial charge is 0.347 e. The number of hydrogen-bond donors (Lipinski definition) is 1. The zero-order chi connectivity index (χ0) is 16.1. The summed E-state index contributed by atoms with van der Waals surface area (Å²) in [6, 6.07) is 8.29. The van der Waals surface area contributed by atoms with Gasteiger partial charge in [0.05, 0.1) is 40.7 Å². The Morgan fingerprint density at radius 3 is 3.04 bits per heavy atom. The molecule has 1 atom stereocenters. The van der Waals surface area contributed by atoms with Crippen LogP contribution in [-0.2, 0) is 13.6 Å². The fourth-order valence-corrected chi connectivity index (χ4v) is 4.32. The molecule has 0 amide bonds. The van der Waals surface area contributed by atoms with Gasteiger partial charge in [0.15, 0.2) is 5.13 Å². The van der Waals surface area contributed by atoms with Crippen LogP contribution in [0.5, 0.6) is 0 Å². The van der Waals surface area contributed by atoms with Crippen LogP contribution in [0.2, 0.25) is 0 Å². The van der Waals surface area contributed by atoms with E-state index in [0.29, 0.717) is 0 Å². The number of aromatic nitrogens is 5. The predicted molar refractivity (Wildman–Crippen MR) is 94.3 cm³/mol. The molecule has 7 heteroatoms. The number of para-hydroxylation sites is 1. The van der Waals surface area contributed by atoms with Crippen LogP contribution in [0.3, 0.4) is 0 Å². The number of anilines is 1. The molecule has 6 nitrogen and oxygen atoms in total. The van der Waals surface area contributed by atoms with Gasteiger partial charge in [-0.05, 0) is 12.1 Å². The molecule has 1 aliphatic rings. The summed E-state index contributed by atoms with van der Waals surface area (Å²) in [7, 11) is 1.95. The molecule has 4 aromatic rings. The van der Waals surface area contributed by atoms with Gasteiger partial charge >= 0.3 is 0 Å². The fourth-order valence-electron chi connectivity index (χ4n) is 3.35. The zero-order valence-corrected chi connectivity index (χ0v) is 14.0. The van der Waals surface area contributed by atoms with Crippen molar-refractivity contribution >= 4 is 26.7 Å². The van der Waals surface area contributed by atoms with Gasteiger partial charge in [-0.1, -0.05) is 23.5 Å². The highest BCUT2D eigenvalue weighted by Gasteiger charge is 2.31. The van der Waals surface area contributed by atoms with Crippen molar-refractivity contribution in [2.24, 2.45) is 7.05 Å². The maximum Gasteiger partial charge on any atom is 0.186 e. The lowest BCUT2D eigenvalue weighted by molar-refractivity contribution is 0.644. The number of H-pyrrole nitrogens is 1. The lowest BCUT2D eigenvalue weighted by Gasteiger charge is -2.31. The van der Waals surface area contributed by atoms with Gasteiger partial charge in [-0.2, -0.15) is 5.10 Å². The number of aryl methyl sites for hydroxylation is 1. The smallest absolute Gasteiger partial charge is 0.186 e. The zero-order valence-electron chi connectivity index (χ0n) is 13.2. The minimum absolute atomic E-state index is 0.209. The molecule has 0 bridgehead atoms. The molecule has 120 valence electrons. The Labute approximate surface area is 142 Å². The highest BCUT2D eigenvalue weighted by molar-refractivity contribution is 7.22. The number of nitrogens with one attached hydrogen (secondary N) is 1. The molecule has 0 radical (unpaired) electrons. The Morgan fingerprint density at radius 1 is 1.29 bits per heavy atom. The second kappa shape index (κ2) is 5.17. The number of aromatic amines is 1. The van der Waals surface area contributed by atoms with Crippen LogP contribution in [0.4, 0.5) is 5.13 Å². The molecule has 3 aromatic heterocycles. The van der Waals surface area contributed by atoms with Crippen molar-refractivity contribution in [1.29, 1.82) is 0 Å². The van der Waals surface area contributed by atoms with E-state index in [1.807, 2.05) is 24.0 Å². The number of benzene rings is 1. The van der Waals surface area contributed by atoms with Crippen molar-refractivity contribution < 1.29 is 0 Å². The third-order valence-corrected chi connectivity index (χ3v) is 5.61. The Bertz CT molecular complexity index is 980. The maximum atomic E-state index is 4.82. The van der Waals surface area contributed by atoms with Gasteiger partial charge in [0.1, 0.15) is 0 Å². The molecule has 1 aliphatic heterocycles. The molecular weight excluding hydrogens is 320 g/mol. The fraction of sp³-hybridized carbons (Fsp3) is 0.235. The van der Waals surface area contributed by atoms with Crippen LogP contribution < -0.4 is 4.90 Å². The second-order valence-electron chi connectivity index (χ2n) is 6.11. The molecule has 0 saturated heterocycles. The Kier molecular flexibility index (Phi) is 2.96. The van der Waals surface area contributed by atoms with Crippen molar-refractivity contribution in [2.45, 2.75) is 12.5 Å². The predicted octanol–water partition coefficient (Wildman–Crippen LogP) is 2.91. The van der Waals surface area contributed by atoms with Crippen molar-refractivity contribution in [2.75, 3.05) is 11.4 Å². The van der Waals surface area contributed by atoms with Gasteiger partial charge in [-0.25, -0.2) is 9.97 Å². The van der Waals surface area contributed by atoms with Crippen LogP contribution in [0.1, 0.15) is 22.9 Å².